The molecule has 5 heteroatoms. The molecule has 1 amide bonds. The number of benzene rings is 1. The number of carbonyl (C=O) groups excluding carboxylic acids is 1. The lowest BCUT2D eigenvalue weighted by molar-refractivity contribution is 0.0997. The topological polar surface area (TPSA) is 74.4 Å². The van der Waals surface area contributed by atoms with E-state index in [4.69, 9.17) is 15.2 Å². The molecule has 2 rings (SSSR count). The fourth-order valence-corrected chi connectivity index (χ4v) is 1.42. The number of carbonyl (C=O) groups is 1. The van der Waals surface area contributed by atoms with E-state index >= 15 is 0 Å². The zero-order valence-corrected chi connectivity index (χ0v) is 9.79. The van der Waals surface area contributed by atoms with Crippen LogP contribution < -0.4 is 15.2 Å². The van der Waals surface area contributed by atoms with Gasteiger partial charge in [-0.25, -0.2) is 4.98 Å². The second-order valence-electron chi connectivity index (χ2n) is 3.50. The van der Waals surface area contributed by atoms with Crippen molar-refractivity contribution in [1.29, 1.82) is 0 Å². The second kappa shape index (κ2) is 5.18. The Morgan fingerprint density at radius 3 is 2.44 bits per heavy atom. The molecule has 1 aromatic carbocycles. The van der Waals surface area contributed by atoms with E-state index in [0.29, 0.717) is 5.75 Å². The minimum Gasteiger partial charge on any atom is -0.497 e. The van der Waals surface area contributed by atoms with Crippen LogP contribution in [0.15, 0.2) is 42.6 Å². The van der Waals surface area contributed by atoms with Crippen LogP contribution in [0.2, 0.25) is 0 Å². The zero-order valence-electron chi connectivity index (χ0n) is 9.79. The third-order valence-corrected chi connectivity index (χ3v) is 2.31. The molecule has 0 bridgehead atoms. The number of ether oxygens (including phenoxy) is 2. The van der Waals surface area contributed by atoms with Crippen LogP contribution in [0.4, 0.5) is 0 Å². The average molecular weight is 244 g/mol. The van der Waals surface area contributed by atoms with E-state index in [0.717, 1.165) is 5.75 Å². The van der Waals surface area contributed by atoms with Crippen molar-refractivity contribution in [1.82, 2.24) is 4.98 Å². The molecule has 0 spiro atoms. The predicted molar refractivity (Wildman–Crippen MR) is 65.8 cm³/mol. The van der Waals surface area contributed by atoms with Crippen LogP contribution in [-0.4, -0.2) is 18.0 Å². The van der Waals surface area contributed by atoms with E-state index in [9.17, 15) is 4.79 Å². The minimum absolute atomic E-state index is 0.190. The van der Waals surface area contributed by atoms with Crippen LogP contribution in [0.25, 0.3) is 0 Å². The highest BCUT2D eigenvalue weighted by Gasteiger charge is 2.10. The summed E-state index contributed by atoms with van der Waals surface area (Å²) in [6.07, 6.45) is 1.53. The Balaban J connectivity index is 2.25. The number of primary amides is 1. The summed E-state index contributed by atoms with van der Waals surface area (Å²) in [5.41, 5.74) is 5.48. The lowest BCUT2D eigenvalue weighted by Gasteiger charge is -2.08. The van der Waals surface area contributed by atoms with Gasteiger partial charge in [-0.15, -0.1) is 0 Å². The Bertz CT molecular complexity index is 552. The van der Waals surface area contributed by atoms with Gasteiger partial charge < -0.3 is 15.2 Å². The monoisotopic (exact) mass is 244 g/mol. The van der Waals surface area contributed by atoms with E-state index in [2.05, 4.69) is 4.98 Å². The summed E-state index contributed by atoms with van der Waals surface area (Å²) in [6, 6.07) is 10.1. The number of amides is 1. The molecule has 1 aromatic heterocycles. The normalized spacial score (nSPS) is 9.83. The van der Waals surface area contributed by atoms with Gasteiger partial charge in [0.2, 0.25) is 5.88 Å². The molecule has 0 aliphatic carbocycles. The van der Waals surface area contributed by atoms with Crippen molar-refractivity contribution in [2.45, 2.75) is 0 Å². The molecule has 0 atom stereocenters. The second-order valence-corrected chi connectivity index (χ2v) is 3.50. The molecular weight excluding hydrogens is 232 g/mol. The van der Waals surface area contributed by atoms with Crippen LogP contribution in [0.1, 0.15) is 10.4 Å². The number of methoxy groups -OCH3 is 1. The van der Waals surface area contributed by atoms with Crippen molar-refractivity contribution >= 4 is 5.91 Å². The zero-order chi connectivity index (χ0) is 13.0. The lowest BCUT2D eigenvalue weighted by atomic mass is 10.2. The average Bonchev–Trinajstić information content (AvgIpc) is 2.40. The quantitative estimate of drug-likeness (QED) is 0.892. The van der Waals surface area contributed by atoms with Crippen molar-refractivity contribution in [3.8, 4) is 17.4 Å². The largest absolute Gasteiger partial charge is 0.497 e. The molecule has 92 valence electrons. The Hall–Kier alpha value is -2.56. The van der Waals surface area contributed by atoms with Crippen LogP contribution in [0.5, 0.6) is 17.4 Å². The summed E-state index contributed by atoms with van der Waals surface area (Å²) < 4.78 is 10.5. The molecule has 0 radical (unpaired) electrons. The molecule has 5 nitrogen and oxygen atoms in total. The standard InChI is InChI=1S/C13H12N2O3/c1-17-9-4-6-10(7-5-9)18-13-11(12(14)16)3-2-8-15-13/h2-8H,1H3,(H2,14,16). The highest BCUT2D eigenvalue weighted by molar-refractivity contribution is 5.95. The number of pyridine rings is 1. The van der Waals surface area contributed by atoms with Gasteiger partial charge in [0.05, 0.1) is 7.11 Å². The predicted octanol–water partition coefficient (Wildman–Crippen LogP) is 1.98. The van der Waals surface area contributed by atoms with E-state index in [1.54, 1.807) is 43.5 Å². The Kier molecular flexibility index (Phi) is 3.43. The summed E-state index contributed by atoms with van der Waals surface area (Å²) in [5, 5.41) is 0. The first kappa shape index (κ1) is 11.9. The van der Waals surface area contributed by atoms with E-state index in [-0.39, 0.29) is 11.4 Å². The maximum Gasteiger partial charge on any atom is 0.254 e. The van der Waals surface area contributed by atoms with Crippen molar-refractivity contribution in [2.75, 3.05) is 7.11 Å². The third kappa shape index (κ3) is 2.57. The van der Waals surface area contributed by atoms with Gasteiger partial charge in [-0.3, -0.25) is 4.79 Å². The van der Waals surface area contributed by atoms with Crippen LogP contribution in [0.3, 0.4) is 0 Å². The maximum absolute atomic E-state index is 11.2. The molecule has 1 heterocycles. The smallest absolute Gasteiger partial charge is 0.254 e. The maximum atomic E-state index is 11.2. The fraction of sp³-hybridized carbons (Fsp3) is 0.0769. The van der Waals surface area contributed by atoms with Crippen LogP contribution >= 0.6 is 0 Å². The number of hydrogen-bond donors (Lipinski definition) is 1. The number of nitrogens with two attached hydrogens (primary N) is 1. The summed E-state index contributed by atoms with van der Waals surface area (Å²) >= 11 is 0. The SMILES string of the molecule is COc1ccc(Oc2ncccc2C(N)=O)cc1. The molecule has 0 fully saturated rings. The van der Waals surface area contributed by atoms with Crippen LogP contribution in [-0.2, 0) is 0 Å². The Morgan fingerprint density at radius 1 is 1.17 bits per heavy atom. The first-order valence-electron chi connectivity index (χ1n) is 5.27. The summed E-state index contributed by atoms with van der Waals surface area (Å²) in [7, 11) is 1.58. The molecule has 0 saturated heterocycles. The van der Waals surface area contributed by atoms with Gasteiger partial charge in [-0.2, -0.15) is 0 Å². The third-order valence-electron chi connectivity index (χ3n) is 2.31. The van der Waals surface area contributed by atoms with Crippen LogP contribution in [0, 0.1) is 0 Å². The van der Waals surface area contributed by atoms with Gasteiger partial charge in [0.15, 0.2) is 0 Å². The first-order chi connectivity index (χ1) is 8.70. The molecule has 0 saturated carbocycles. The Morgan fingerprint density at radius 2 is 1.83 bits per heavy atom. The minimum atomic E-state index is -0.577. The lowest BCUT2D eigenvalue weighted by Crippen LogP contribution is -2.12. The fourth-order valence-electron chi connectivity index (χ4n) is 1.42. The van der Waals surface area contributed by atoms with Gasteiger partial charge in [0, 0.05) is 6.20 Å². The number of hydrogen-bond acceptors (Lipinski definition) is 4. The number of nitrogens with zero attached hydrogens (tertiary/aromatic N) is 1. The number of rotatable bonds is 4. The first-order valence-corrected chi connectivity index (χ1v) is 5.27. The van der Waals surface area contributed by atoms with Gasteiger partial charge in [-0.1, -0.05) is 0 Å². The molecule has 2 aromatic rings. The summed E-state index contributed by atoms with van der Waals surface area (Å²) in [5.74, 6) is 0.886. The van der Waals surface area contributed by atoms with E-state index in [1.165, 1.54) is 6.20 Å². The molecule has 18 heavy (non-hydrogen) atoms. The van der Waals surface area contributed by atoms with Gasteiger partial charge in [0.1, 0.15) is 17.1 Å². The molecular formula is C13H12N2O3. The van der Waals surface area contributed by atoms with Gasteiger partial charge in [-0.05, 0) is 36.4 Å². The highest BCUT2D eigenvalue weighted by atomic mass is 16.5. The molecule has 0 unspecified atom stereocenters. The number of aromatic nitrogens is 1. The van der Waals surface area contributed by atoms with Crippen molar-refractivity contribution in [2.24, 2.45) is 5.73 Å². The highest BCUT2D eigenvalue weighted by Crippen LogP contribution is 2.24. The Labute approximate surface area is 104 Å². The molecule has 0 aliphatic heterocycles. The van der Waals surface area contributed by atoms with Crippen molar-refractivity contribution in [3.63, 3.8) is 0 Å². The van der Waals surface area contributed by atoms with E-state index < -0.39 is 5.91 Å². The molecule has 0 aliphatic rings. The summed E-state index contributed by atoms with van der Waals surface area (Å²) in [6.45, 7) is 0. The summed E-state index contributed by atoms with van der Waals surface area (Å²) in [4.78, 5) is 15.2. The van der Waals surface area contributed by atoms with Gasteiger partial charge in [0.25, 0.3) is 5.91 Å². The van der Waals surface area contributed by atoms with Gasteiger partial charge >= 0.3 is 0 Å². The molecule has 2 N–H and O–H groups in total. The van der Waals surface area contributed by atoms with Crippen molar-refractivity contribution in [3.05, 3.63) is 48.2 Å². The van der Waals surface area contributed by atoms with Crippen molar-refractivity contribution < 1.29 is 14.3 Å². The van der Waals surface area contributed by atoms with E-state index in [1.807, 2.05) is 0 Å².